The normalized spacial score (nSPS) is 13.2. The van der Waals surface area contributed by atoms with Crippen LogP contribution in [-0.4, -0.2) is 48.1 Å². The molecule has 0 saturated carbocycles. The predicted octanol–water partition coefficient (Wildman–Crippen LogP) is 5.77. The van der Waals surface area contributed by atoms with Gasteiger partial charge in [0.1, 0.15) is 5.75 Å². The maximum absolute atomic E-state index is 12.6. The van der Waals surface area contributed by atoms with Crippen molar-refractivity contribution in [2.45, 2.75) is 33.6 Å². The molecule has 3 rings (SSSR count). The topological polar surface area (TPSA) is 111 Å². The number of carbonyl (C=O) groups excluding carboxylic acids is 2. The maximum atomic E-state index is 12.6. The van der Waals surface area contributed by atoms with Gasteiger partial charge in [0.25, 0.3) is 0 Å². The molecule has 3 N–H and O–H groups in total. The Morgan fingerprint density at radius 1 is 1.08 bits per heavy atom. The molecule has 2 aromatic carbocycles. The molecule has 1 atom stereocenters. The molecule has 0 fully saturated rings. The van der Waals surface area contributed by atoms with E-state index in [0.29, 0.717) is 42.3 Å². The number of carboxylic acids is 1. The van der Waals surface area contributed by atoms with Gasteiger partial charge in [0.2, 0.25) is 5.91 Å². The smallest absolute Gasteiger partial charge is 0.323 e. The Bertz CT molecular complexity index is 1280. The minimum Gasteiger partial charge on any atom is -0.494 e. The van der Waals surface area contributed by atoms with Gasteiger partial charge in [-0.05, 0) is 60.8 Å². The van der Waals surface area contributed by atoms with Gasteiger partial charge in [-0.3, -0.25) is 9.59 Å². The lowest BCUT2D eigenvalue weighted by atomic mass is 10.1. The number of benzene rings is 2. The van der Waals surface area contributed by atoms with E-state index < -0.39 is 12.0 Å². The number of aryl methyl sites for hydroxylation is 1. The number of allylic oxidation sites excluding steroid dienone is 3. The van der Waals surface area contributed by atoms with Crippen LogP contribution in [0.15, 0.2) is 78.7 Å². The first-order chi connectivity index (χ1) is 18.7. The molecule has 3 amide bonds. The molecular weight excluding hydrogens is 496 g/mol. The van der Waals surface area contributed by atoms with Gasteiger partial charge in [0, 0.05) is 56.3 Å². The SMILES string of the molecule is COc1cc(N(CCC2=CC=CN(CC(C)CC(=O)O)C=C2)C(C)=O)ccc1NC(=O)Nc1ccccc1C. The number of anilines is 3. The number of hydrogen-bond acceptors (Lipinski definition) is 5. The fourth-order valence-corrected chi connectivity index (χ4v) is 4.23. The Hall–Kier alpha value is -4.53. The first-order valence-corrected chi connectivity index (χ1v) is 12.8. The average Bonchev–Trinajstić information content (AvgIpc) is 3.10. The molecule has 0 saturated heterocycles. The van der Waals surface area contributed by atoms with Crippen molar-refractivity contribution in [3.8, 4) is 5.75 Å². The fraction of sp³-hybridized carbons (Fsp3) is 0.300. The molecule has 9 heteroatoms. The van der Waals surface area contributed by atoms with Crippen molar-refractivity contribution >= 4 is 35.0 Å². The van der Waals surface area contributed by atoms with Crippen molar-refractivity contribution in [1.29, 1.82) is 0 Å². The molecule has 0 bridgehead atoms. The number of amides is 3. The number of para-hydroxylation sites is 1. The van der Waals surface area contributed by atoms with Crippen molar-refractivity contribution in [3.63, 3.8) is 0 Å². The first kappa shape index (κ1) is 29.0. The van der Waals surface area contributed by atoms with Crippen LogP contribution >= 0.6 is 0 Å². The minimum absolute atomic E-state index is 0.00697. The highest BCUT2D eigenvalue weighted by molar-refractivity contribution is 6.01. The molecular formula is C30H36N4O5. The highest BCUT2D eigenvalue weighted by Crippen LogP contribution is 2.31. The number of nitrogens with zero attached hydrogens (tertiary/aromatic N) is 2. The highest BCUT2D eigenvalue weighted by atomic mass is 16.5. The Morgan fingerprint density at radius 3 is 2.51 bits per heavy atom. The molecule has 1 heterocycles. The number of rotatable bonds is 11. The van der Waals surface area contributed by atoms with Crippen LogP contribution in [-0.2, 0) is 9.59 Å². The van der Waals surface area contributed by atoms with Crippen molar-refractivity contribution in [1.82, 2.24) is 4.90 Å². The number of methoxy groups -OCH3 is 1. The van der Waals surface area contributed by atoms with E-state index in [1.807, 2.05) is 73.6 Å². The molecule has 1 aliphatic heterocycles. The van der Waals surface area contributed by atoms with Crippen LogP contribution in [0.5, 0.6) is 5.75 Å². The van der Waals surface area contributed by atoms with Crippen molar-refractivity contribution < 1.29 is 24.2 Å². The molecule has 0 aliphatic carbocycles. The van der Waals surface area contributed by atoms with Crippen LogP contribution < -0.4 is 20.3 Å². The Kier molecular flexibility index (Phi) is 10.3. The molecule has 0 aromatic heterocycles. The number of aliphatic carboxylic acids is 1. The number of carbonyl (C=O) groups is 3. The Morgan fingerprint density at radius 2 is 1.82 bits per heavy atom. The van der Waals surface area contributed by atoms with Gasteiger partial charge >= 0.3 is 12.0 Å². The summed E-state index contributed by atoms with van der Waals surface area (Å²) in [5, 5.41) is 14.6. The van der Waals surface area contributed by atoms with Crippen LogP contribution in [0.25, 0.3) is 0 Å². The summed E-state index contributed by atoms with van der Waals surface area (Å²) >= 11 is 0. The van der Waals surface area contributed by atoms with Gasteiger partial charge in [-0.15, -0.1) is 0 Å². The van der Waals surface area contributed by atoms with Gasteiger partial charge < -0.3 is 30.3 Å². The summed E-state index contributed by atoms with van der Waals surface area (Å²) in [5.74, 6) is -0.485. The van der Waals surface area contributed by atoms with E-state index in [9.17, 15) is 14.4 Å². The third-order valence-corrected chi connectivity index (χ3v) is 6.26. The summed E-state index contributed by atoms with van der Waals surface area (Å²) in [6, 6.07) is 12.3. The second-order valence-corrected chi connectivity index (χ2v) is 9.50. The van der Waals surface area contributed by atoms with Gasteiger partial charge in [-0.1, -0.05) is 31.2 Å². The van der Waals surface area contributed by atoms with Crippen LogP contribution in [0.2, 0.25) is 0 Å². The molecule has 0 radical (unpaired) electrons. The zero-order valence-corrected chi connectivity index (χ0v) is 22.8. The number of ether oxygens (including phenoxy) is 1. The molecule has 206 valence electrons. The van der Waals surface area contributed by atoms with Gasteiger partial charge in [0.15, 0.2) is 0 Å². The first-order valence-electron chi connectivity index (χ1n) is 12.8. The van der Waals surface area contributed by atoms with Crippen molar-refractivity contribution in [2.24, 2.45) is 5.92 Å². The molecule has 39 heavy (non-hydrogen) atoms. The van der Waals surface area contributed by atoms with E-state index in [2.05, 4.69) is 10.6 Å². The van der Waals surface area contributed by atoms with E-state index in [1.54, 1.807) is 23.1 Å². The monoisotopic (exact) mass is 532 g/mol. The van der Waals surface area contributed by atoms with E-state index in [0.717, 1.165) is 11.1 Å². The summed E-state index contributed by atoms with van der Waals surface area (Å²) < 4.78 is 5.51. The predicted molar refractivity (Wildman–Crippen MR) is 154 cm³/mol. The zero-order chi connectivity index (χ0) is 28.4. The molecule has 0 spiro atoms. The van der Waals surface area contributed by atoms with Crippen LogP contribution in [0, 0.1) is 12.8 Å². The second kappa shape index (κ2) is 13.9. The maximum Gasteiger partial charge on any atom is 0.323 e. The number of hydrogen-bond donors (Lipinski definition) is 3. The van der Waals surface area contributed by atoms with Gasteiger partial charge in [-0.2, -0.15) is 0 Å². The van der Waals surface area contributed by atoms with Gasteiger partial charge in [0.05, 0.1) is 12.8 Å². The average molecular weight is 533 g/mol. The summed E-state index contributed by atoms with van der Waals surface area (Å²) in [6.45, 7) is 6.38. The summed E-state index contributed by atoms with van der Waals surface area (Å²) in [6.07, 6.45) is 10.4. The lowest BCUT2D eigenvalue weighted by molar-refractivity contribution is -0.138. The lowest BCUT2D eigenvalue weighted by Crippen LogP contribution is -2.29. The van der Waals surface area contributed by atoms with E-state index >= 15 is 0 Å². The van der Waals surface area contributed by atoms with Crippen LogP contribution in [0.3, 0.4) is 0 Å². The molecule has 9 nitrogen and oxygen atoms in total. The Labute approximate surface area is 229 Å². The van der Waals surface area contributed by atoms with Crippen LogP contribution in [0.1, 0.15) is 32.3 Å². The highest BCUT2D eigenvalue weighted by Gasteiger charge is 2.16. The second-order valence-electron chi connectivity index (χ2n) is 9.50. The standard InChI is InChI=1S/C30H36N4O5/c1-21(18-29(36)37)20-33-15-7-9-24(13-16-33)14-17-34(23(3)35)25-11-12-27(28(19-25)39-4)32-30(38)31-26-10-6-5-8-22(26)2/h5-13,15-16,19,21H,14,17-18,20H2,1-4H3,(H,36,37)(H2,31,32,38). The molecule has 2 aromatic rings. The Balaban J connectivity index is 1.64. The number of nitrogens with one attached hydrogen (secondary N) is 2. The lowest BCUT2D eigenvalue weighted by Gasteiger charge is -2.23. The van der Waals surface area contributed by atoms with Gasteiger partial charge in [-0.25, -0.2) is 4.79 Å². The number of carboxylic acid groups (broad SMARTS) is 1. The van der Waals surface area contributed by atoms with E-state index in [4.69, 9.17) is 9.84 Å². The summed E-state index contributed by atoms with van der Waals surface area (Å²) in [4.78, 5) is 39.7. The fourth-order valence-electron chi connectivity index (χ4n) is 4.23. The number of urea groups is 1. The third-order valence-electron chi connectivity index (χ3n) is 6.26. The molecule has 1 aliphatic rings. The zero-order valence-electron chi connectivity index (χ0n) is 22.8. The quantitative estimate of drug-likeness (QED) is 0.339. The summed E-state index contributed by atoms with van der Waals surface area (Å²) in [7, 11) is 1.51. The van der Waals surface area contributed by atoms with Crippen molar-refractivity contribution in [3.05, 3.63) is 84.2 Å². The largest absolute Gasteiger partial charge is 0.494 e. The van der Waals surface area contributed by atoms with E-state index in [-0.39, 0.29) is 18.2 Å². The van der Waals surface area contributed by atoms with E-state index in [1.165, 1.54) is 14.0 Å². The molecule has 1 unspecified atom stereocenters. The van der Waals surface area contributed by atoms with Crippen LogP contribution in [0.4, 0.5) is 21.9 Å². The minimum atomic E-state index is -0.806. The van der Waals surface area contributed by atoms with Crippen molar-refractivity contribution in [2.75, 3.05) is 35.7 Å². The third kappa shape index (κ3) is 8.77. The summed E-state index contributed by atoms with van der Waals surface area (Å²) in [5.41, 5.74) is 3.82.